The summed E-state index contributed by atoms with van der Waals surface area (Å²) in [6, 6.07) is 0. The summed E-state index contributed by atoms with van der Waals surface area (Å²) >= 11 is 0.635. The third-order valence-electron chi connectivity index (χ3n) is 1.75. The van der Waals surface area contributed by atoms with Crippen LogP contribution in [0.4, 0.5) is 26.3 Å². The first-order chi connectivity index (χ1) is 7.52. The second kappa shape index (κ2) is 6.51. The van der Waals surface area contributed by atoms with Crippen LogP contribution in [0.3, 0.4) is 0 Å². The van der Waals surface area contributed by atoms with Crippen LogP contribution in [0, 0.1) is 0 Å². The molecular weight excluding hydrogens is 270 g/mol. The average molecular weight is 282 g/mol. The maximum absolute atomic E-state index is 13.0. The first kappa shape index (κ1) is 16.6. The van der Waals surface area contributed by atoms with Gasteiger partial charge in [-0.15, -0.1) is 0 Å². The Balaban J connectivity index is 4.02. The van der Waals surface area contributed by atoms with E-state index in [-0.39, 0.29) is 10.9 Å². The number of halogens is 6. The topological polar surface area (TPSA) is 17.1 Å². The van der Waals surface area contributed by atoms with Gasteiger partial charge in [0.05, 0.1) is 6.42 Å². The minimum atomic E-state index is -4.79. The zero-order valence-electron chi connectivity index (χ0n) is 8.99. The molecule has 1 unspecified atom stereocenters. The normalized spacial score (nSPS) is 14.8. The van der Waals surface area contributed by atoms with E-state index in [1.165, 1.54) is 6.92 Å². The lowest BCUT2D eigenvalue weighted by Crippen LogP contribution is -2.26. The predicted molar refractivity (Wildman–Crippen MR) is 52.9 cm³/mol. The number of hydrogen-bond donors (Lipinski definition) is 0. The summed E-state index contributed by atoms with van der Waals surface area (Å²) in [5.74, 6) is -3.76. The molecule has 0 radical (unpaired) electrons. The number of hydrogen-bond acceptors (Lipinski definition) is 2. The third kappa shape index (κ3) is 10.5. The Labute approximate surface area is 98.9 Å². The van der Waals surface area contributed by atoms with Crippen LogP contribution >= 0.6 is 11.8 Å². The van der Waals surface area contributed by atoms with E-state index in [2.05, 4.69) is 0 Å². The van der Waals surface area contributed by atoms with Gasteiger partial charge in [-0.3, -0.25) is 4.79 Å². The van der Waals surface area contributed by atoms with Crippen molar-refractivity contribution in [3.05, 3.63) is 0 Å². The fraction of sp³-hybridized carbons (Fsp3) is 0.889. The summed E-state index contributed by atoms with van der Waals surface area (Å²) < 4.78 is 73.8. The van der Waals surface area contributed by atoms with Crippen molar-refractivity contribution in [1.29, 1.82) is 0 Å². The van der Waals surface area contributed by atoms with Crippen molar-refractivity contribution >= 4 is 16.9 Å². The van der Waals surface area contributed by atoms with Crippen LogP contribution in [0.5, 0.6) is 0 Å². The summed E-state index contributed by atoms with van der Waals surface area (Å²) in [4.78, 5) is 10.4. The number of alkyl halides is 6. The SMILES string of the molecule is CC(=O)SCCC(F)(F)CC(F)CC(F)(F)F. The van der Waals surface area contributed by atoms with Crippen molar-refractivity contribution in [2.45, 2.75) is 44.5 Å². The molecular formula is C9H12F6OS. The molecule has 0 aliphatic rings. The van der Waals surface area contributed by atoms with Gasteiger partial charge in [0.25, 0.3) is 5.92 Å². The molecule has 0 aliphatic carbocycles. The smallest absolute Gasteiger partial charge is 0.288 e. The average Bonchev–Trinajstić information content (AvgIpc) is 1.96. The van der Waals surface area contributed by atoms with Crippen molar-refractivity contribution in [2.24, 2.45) is 0 Å². The van der Waals surface area contributed by atoms with Gasteiger partial charge in [-0.2, -0.15) is 13.2 Å². The Morgan fingerprint density at radius 3 is 2.12 bits per heavy atom. The minimum Gasteiger partial charge on any atom is -0.288 e. The quantitative estimate of drug-likeness (QED) is 0.686. The van der Waals surface area contributed by atoms with Crippen LogP contribution in [0.2, 0.25) is 0 Å². The molecule has 0 aromatic carbocycles. The van der Waals surface area contributed by atoms with Crippen LogP contribution in [0.25, 0.3) is 0 Å². The highest BCUT2D eigenvalue weighted by Crippen LogP contribution is 2.32. The Bertz CT molecular complexity index is 252. The number of carbonyl (C=O) groups is 1. The number of rotatable bonds is 6. The molecule has 0 rings (SSSR count). The summed E-state index contributed by atoms with van der Waals surface area (Å²) in [5, 5.41) is -0.368. The molecule has 0 heterocycles. The van der Waals surface area contributed by atoms with Gasteiger partial charge >= 0.3 is 6.18 Å². The fourth-order valence-corrected chi connectivity index (χ4v) is 1.78. The van der Waals surface area contributed by atoms with Crippen molar-refractivity contribution in [1.82, 2.24) is 0 Å². The molecule has 0 saturated heterocycles. The van der Waals surface area contributed by atoms with E-state index >= 15 is 0 Å². The van der Waals surface area contributed by atoms with Crippen LogP contribution in [-0.4, -0.2) is 29.1 Å². The molecule has 0 aromatic heterocycles. The second-order valence-corrected chi connectivity index (χ2v) is 4.84. The van der Waals surface area contributed by atoms with E-state index in [0.717, 1.165) is 0 Å². The van der Waals surface area contributed by atoms with Gasteiger partial charge in [0, 0.05) is 25.5 Å². The minimum absolute atomic E-state index is 0.235. The third-order valence-corrected chi connectivity index (χ3v) is 2.56. The van der Waals surface area contributed by atoms with E-state index in [1.807, 2.05) is 0 Å². The summed E-state index contributed by atoms with van der Waals surface area (Å²) in [6.07, 6.45) is -11.6. The highest BCUT2D eigenvalue weighted by molar-refractivity contribution is 8.13. The van der Waals surface area contributed by atoms with Crippen LogP contribution in [0.1, 0.15) is 26.2 Å². The standard InChI is InChI=1S/C9H12F6OS/c1-6(16)17-3-2-8(11,12)4-7(10)5-9(13,14)15/h7H,2-5H2,1H3. The highest BCUT2D eigenvalue weighted by Gasteiger charge is 2.38. The van der Waals surface area contributed by atoms with E-state index < -0.39 is 37.5 Å². The van der Waals surface area contributed by atoms with Gasteiger partial charge in [-0.1, -0.05) is 11.8 Å². The Morgan fingerprint density at radius 1 is 1.18 bits per heavy atom. The van der Waals surface area contributed by atoms with E-state index in [0.29, 0.717) is 11.8 Å². The van der Waals surface area contributed by atoms with Crippen molar-refractivity contribution in [2.75, 3.05) is 5.75 Å². The van der Waals surface area contributed by atoms with E-state index in [9.17, 15) is 31.1 Å². The highest BCUT2D eigenvalue weighted by atomic mass is 32.2. The van der Waals surface area contributed by atoms with Gasteiger partial charge in [0.15, 0.2) is 5.12 Å². The van der Waals surface area contributed by atoms with Crippen LogP contribution in [0.15, 0.2) is 0 Å². The maximum Gasteiger partial charge on any atom is 0.391 e. The molecule has 17 heavy (non-hydrogen) atoms. The second-order valence-electron chi connectivity index (χ2n) is 3.57. The first-order valence-electron chi connectivity index (χ1n) is 4.74. The summed E-state index contributed by atoms with van der Waals surface area (Å²) in [7, 11) is 0. The molecule has 0 bridgehead atoms. The van der Waals surface area contributed by atoms with Gasteiger partial charge in [-0.25, -0.2) is 13.2 Å². The molecule has 0 saturated carbocycles. The van der Waals surface area contributed by atoms with Gasteiger partial charge < -0.3 is 0 Å². The lowest BCUT2D eigenvalue weighted by atomic mass is 10.1. The monoisotopic (exact) mass is 282 g/mol. The first-order valence-corrected chi connectivity index (χ1v) is 5.72. The molecule has 1 nitrogen and oxygen atoms in total. The molecule has 0 aliphatic heterocycles. The zero-order chi connectivity index (χ0) is 13.7. The molecule has 8 heteroatoms. The van der Waals surface area contributed by atoms with Crippen molar-refractivity contribution in [3.8, 4) is 0 Å². The zero-order valence-corrected chi connectivity index (χ0v) is 9.81. The van der Waals surface area contributed by atoms with Gasteiger partial charge in [0.2, 0.25) is 0 Å². The number of thioether (sulfide) groups is 1. The molecule has 0 spiro atoms. The molecule has 0 fully saturated rings. The van der Waals surface area contributed by atoms with Crippen LogP contribution < -0.4 is 0 Å². The molecule has 102 valence electrons. The van der Waals surface area contributed by atoms with Crippen LogP contribution in [-0.2, 0) is 4.79 Å². The Morgan fingerprint density at radius 2 is 1.71 bits per heavy atom. The summed E-state index contributed by atoms with van der Waals surface area (Å²) in [6.45, 7) is 1.18. The van der Waals surface area contributed by atoms with E-state index in [1.54, 1.807) is 0 Å². The van der Waals surface area contributed by atoms with Gasteiger partial charge in [-0.05, 0) is 0 Å². The lowest BCUT2D eigenvalue weighted by Gasteiger charge is -2.19. The largest absolute Gasteiger partial charge is 0.391 e. The van der Waals surface area contributed by atoms with Crippen molar-refractivity contribution in [3.63, 3.8) is 0 Å². The molecule has 1 atom stereocenters. The predicted octanol–water partition coefficient (Wildman–Crippen LogP) is 3.97. The Kier molecular flexibility index (Phi) is 6.36. The van der Waals surface area contributed by atoms with Gasteiger partial charge in [0.1, 0.15) is 6.17 Å². The van der Waals surface area contributed by atoms with Crippen molar-refractivity contribution < 1.29 is 31.1 Å². The fourth-order valence-electron chi connectivity index (χ4n) is 1.09. The summed E-state index contributed by atoms with van der Waals surface area (Å²) in [5.41, 5.74) is 0. The maximum atomic E-state index is 13.0. The number of carbonyl (C=O) groups excluding carboxylic acids is 1. The molecule has 0 N–H and O–H groups in total. The lowest BCUT2D eigenvalue weighted by molar-refractivity contribution is -0.153. The van der Waals surface area contributed by atoms with E-state index in [4.69, 9.17) is 0 Å². The Hall–Kier alpha value is -0.400. The molecule has 0 aromatic rings. The molecule has 0 amide bonds.